The van der Waals surface area contributed by atoms with E-state index < -0.39 is 0 Å². The fraction of sp³-hybridized carbons (Fsp3) is 0.647. The first-order valence-electron chi connectivity index (χ1n) is 7.63. The topological polar surface area (TPSA) is 21.3 Å². The summed E-state index contributed by atoms with van der Waals surface area (Å²) in [4.78, 5) is 0. The second-order valence-corrected chi connectivity index (χ2v) is 5.96. The molecule has 0 fully saturated rings. The van der Waals surface area contributed by atoms with Crippen molar-refractivity contribution in [1.82, 2.24) is 5.32 Å². The summed E-state index contributed by atoms with van der Waals surface area (Å²) in [5.74, 6) is 1.32. The highest BCUT2D eigenvalue weighted by atomic mass is 16.5. The largest absolute Gasteiger partial charge is 0.380 e. The predicted molar refractivity (Wildman–Crippen MR) is 80.6 cm³/mol. The van der Waals surface area contributed by atoms with Gasteiger partial charge in [-0.1, -0.05) is 38.1 Å². The minimum Gasteiger partial charge on any atom is -0.380 e. The maximum Gasteiger partial charge on any atom is 0.0591 e. The molecule has 106 valence electrons. The van der Waals surface area contributed by atoms with Gasteiger partial charge in [-0.2, -0.15) is 0 Å². The van der Waals surface area contributed by atoms with Crippen LogP contribution in [0.3, 0.4) is 0 Å². The summed E-state index contributed by atoms with van der Waals surface area (Å²) >= 11 is 0. The van der Waals surface area contributed by atoms with Crippen molar-refractivity contribution in [3.05, 3.63) is 35.4 Å². The number of rotatable bonds is 7. The zero-order chi connectivity index (χ0) is 13.5. The third kappa shape index (κ3) is 4.63. The molecule has 2 rings (SSSR count). The average Bonchev–Trinajstić information content (AvgIpc) is 2.42. The summed E-state index contributed by atoms with van der Waals surface area (Å²) in [6.45, 7) is 8.12. The maximum absolute atomic E-state index is 5.59. The number of hydrogen-bond donors (Lipinski definition) is 1. The van der Waals surface area contributed by atoms with Gasteiger partial charge in [0.25, 0.3) is 0 Å². The first kappa shape index (κ1) is 14.5. The molecule has 0 radical (unpaired) electrons. The van der Waals surface area contributed by atoms with Gasteiger partial charge in [0.05, 0.1) is 6.61 Å². The Kier molecular flexibility index (Phi) is 5.87. The van der Waals surface area contributed by atoms with Crippen LogP contribution in [0.2, 0.25) is 0 Å². The summed E-state index contributed by atoms with van der Waals surface area (Å²) in [5, 5.41) is 3.54. The van der Waals surface area contributed by atoms with Gasteiger partial charge in [-0.25, -0.2) is 0 Å². The van der Waals surface area contributed by atoms with Crippen LogP contribution < -0.4 is 5.32 Å². The molecule has 0 amide bonds. The fourth-order valence-electron chi connectivity index (χ4n) is 2.81. The lowest BCUT2D eigenvalue weighted by Gasteiger charge is -2.25. The van der Waals surface area contributed by atoms with Crippen molar-refractivity contribution in [2.45, 2.75) is 39.0 Å². The molecule has 2 heteroatoms. The zero-order valence-corrected chi connectivity index (χ0v) is 12.3. The molecule has 0 bridgehead atoms. The van der Waals surface area contributed by atoms with Crippen molar-refractivity contribution < 1.29 is 4.74 Å². The summed E-state index contributed by atoms with van der Waals surface area (Å²) < 4.78 is 5.59. The lowest BCUT2D eigenvalue weighted by atomic mass is 9.83. The van der Waals surface area contributed by atoms with Gasteiger partial charge >= 0.3 is 0 Å². The molecule has 0 aromatic heterocycles. The Hall–Kier alpha value is -0.860. The summed E-state index contributed by atoms with van der Waals surface area (Å²) in [6.07, 6.45) is 3.90. The van der Waals surface area contributed by atoms with E-state index in [2.05, 4.69) is 43.4 Å². The van der Waals surface area contributed by atoms with Crippen LogP contribution in [-0.4, -0.2) is 26.3 Å². The molecule has 1 unspecified atom stereocenters. The van der Waals surface area contributed by atoms with E-state index in [1.165, 1.54) is 19.3 Å². The smallest absolute Gasteiger partial charge is 0.0591 e. The molecule has 1 aliphatic carbocycles. The molecule has 2 nitrogen and oxygen atoms in total. The number of aryl methyl sites for hydroxylation is 1. The number of hydrogen-bond acceptors (Lipinski definition) is 2. The number of fused-ring (bicyclic) bond motifs is 1. The van der Waals surface area contributed by atoms with E-state index in [9.17, 15) is 0 Å². The Balaban J connectivity index is 1.70. The van der Waals surface area contributed by atoms with Gasteiger partial charge in [-0.15, -0.1) is 0 Å². The van der Waals surface area contributed by atoms with Gasteiger partial charge in [-0.05, 0) is 42.2 Å². The molecule has 1 aromatic carbocycles. The van der Waals surface area contributed by atoms with Crippen molar-refractivity contribution in [3.8, 4) is 0 Å². The van der Waals surface area contributed by atoms with Crippen molar-refractivity contribution in [3.63, 3.8) is 0 Å². The van der Waals surface area contributed by atoms with Crippen LogP contribution in [-0.2, 0) is 11.2 Å². The Morgan fingerprint density at radius 1 is 1.32 bits per heavy atom. The molecular formula is C17H27NO. The number of nitrogens with one attached hydrogen (secondary N) is 1. The first-order chi connectivity index (χ1) is 9.27. The van der Waals surface area contributed by atoms with Crippen molar-refractivity contribution in [2.75, 3.05) is 26.3 Å². The highest BCUT2D eigenvalue weighted by Gasteiger charge is 2.18. The molecule has 0 heterocycles. The van der Waals surface area contributed by atoms with Gasteiger partial charge in [0, 0.05) is 19.7 Å². The van der Waals surface area contributed by atoms with Crippen LogP contribution in [0.1, 0.15) is 43.7 Å². The van der Waals surface area contributed by atoms with E-state index >= 15 is 0 Å². The normalized spacial score (nSPS) is 18.6. The minimum absolute atomic E-state index is 0.630. The molecule has 1 aliphatic rings. The van der Waals surface area contributed by atoms with Crippen LogP contribution in [0.15, 0.2) is 24.3 Å². The third-order valence-electron chi connectivity index (χ3n) is 3.76. The highest BCUT2D eigenvalue weighted by molar-refractivity contribution is 5.32. The monoisotopic (exact) mass is 261 g/mol. The number of ether oxygens (including phenoxy) is 1. The van der Waals surface area contributed by atoms with E-state index in [1.54, 1.807) is 11.1 Å². The van der Waals surface area contributed by atoms with Crippen LogP contribution in [0.4, 0.5) is 0 Å². The molecule has 0 aliphatic heterocycles. The lowest BCUT2D eigenvalue weighted by Crippen LogP contribution is -2.27. The molecule has 0 spiro atoms. The lowest BCUT2D eigenvalue weighted by molar-refractivity contribution is 0.111. The molecular weight excluding hydrogens is 234 g/mol. The minimum atomic E-state index is 0.630. The quantitative estimate of drug-likeness (QED) is 0.760. The summed E-state index contributed by atoms with van der Waals surface area (Å²) in [6, 6.07) is 8.92. The molecule has 19 heavy (non-hydrogen) atoms. The van der Waals surface area contributed by atoms with Crippen LogP contribution in [0.5, 0.6) is 0 Å². The second-order valence-electron chi connectivity index (χ2n) is 5.96. The molecule has 0 saturated heterocycles. The fourth-order valence-corrected chi connectivity index (χ4v) is 2.81. The van der Waals surface area contributed by atoms with Gasteiger partial charge in [-0.3, -0.25) is 0 Å². The van der Waals surface area contributed by atoms with E-state index in [4.69, 9.17) is 4.74 Å². The summed E-state index contributed by atoms with van der Waals surface area (Å²) in [5.41, 5.74) is 3.11. The summed E-state index contributed by atoms with van der Waals surface area (Å²) in [7, 11) is 0. The standard InChI is InChI=1S/C17H27NO/c1-14(2)13-19-11-10-18-12-16-8-5-7-15-6-3-4-9-17(15)16/h3-4,6,9,14,16,18H,5,7-8,10-13H2,1-2H3. The third-order valence-corrected chi connectivity index (χ3v) is 3.76. The molecule has 1 N–H and O–H groups in total. The van der Waals surface area contributed by atoms with E-state index in [-0.39, 0.29) is 0 Å². The van der Waals surface area contributed by atoms with Crippen LogP contribution in [0.25, 0.3) is 0 Å². The van der Waals surface area contributed by atoms with Gasteiger partial charge in [0.15, 0.2) is 0 Å². The second kappa shape index (κ2) is 7.66. The highest BCUT2D eigenvalue weighted by Crippen LogP contribution is 2.30. The maximum atomic E-state index is 5.59. The van der Waals surface area contributed by atoms with Crippen molar-refractivity contribution in [1.29, 1.82) is 0 Å². The van der Waals surface area contributed by atoms with Crippen LogP contribution >= 0.6 is 0 Å². The Bertz CT molecular complexity index is 375. The molecule has 1 aromatic rings. The Morgan fingerprint density at radius 3 is 3.00 bits per heavy atom. The van der Waals surface area contributed by atoms with E-state index in [0.29, 0.717) is 11.8 Å². The van der Waals surface area contributed by atoms with Crippen molar-refractivity contribution >= 4 is 0 Å². The SMILES string of the molecule is CC(C)COCCNCC1CCCc2ccccc21. The molecule has 0 saturated carbocycles. The Morgan fingerprint density at radius 2 is 2.16 bits per heavy atom. The van der Waals surface area contributed by atoms with Gasteiger partial charge < -0.3 is 10.1 Å². The predicted octanol–water partition coefficient (Wildman–Crippen LogP) is 3.37. The van der Waals surface area contributed by atoms with Crippen LogP contribution in [0, 0.1) is 5.92 Å². The zero-order valence-electron chi connectivity index (χ0n) is 12.3. The van der Waals surface area contributed by atoms with Crippen molar-refractivity contribution in [2.24, 2.45) is 5.92 Å². The van der Waals surface area contributed by atoms with Gasteiger partial charge in [0.2, 0.25) is 0 Å². The van der Waals surface area contributed by atoms with E-state index in [0.717, 1.165) is 26.3 Å². The Labute approximate surface area is 117 Å². The average molecular weight is 261 g/mol. The van der Waals surface area contributed by atoms with E-state index in [1.807, 2.05) is 0 Å². The number of benzene rings is 1. The molecule has 1 atom stereocenters. The first-order valence-corrected chi connectivity index (χ1v) is 7.63. The van der Waals surface area contributed by atoms with Gasteiger partial charge in [0.1, 0.15) is 0 Å².